The highest BCUT2D eigenvalue weighted by molar-refractivity contribution is 5.89. The maximum atomic E-state index is 12.1. The van der Waals surface area contributed by atoms with E-state index >= 15 is 0 Å². The van der Waals surface area contributed by atoms with Crippen LogP contribution in [0.5, 0.6) is 5.75 Å². The molecular weight excluding hydrogens is 400 g/mol. The molecule has 32 heavy (non-hydrogen) atoms. The molecule has 6 heteroatoms. The molecule has 4 aromatic rings. The summed E-state index contributed by atoms with van der Waals surface area (Å²) >= 11 is 0. The van der Waals surface area contributed by atoms with E-state index in [1.165, 1.54) is 5.56 Å². The molecule has 0 atom stereocenters. The van der Waals surface area contributed by atoms with Crippen LogP contribution in [0.2, 0.25) is 0 Å². The zero-order valence-electron chi connectivity index (χ0n) is 18.0. The second-order valence-corrected chi connectivity index (χ2v) is 7.47. The Morgan fingerprint density at radius 1 is 0.969 bits per heavy atom. The maximum Gasteiger partial charge on any atom is 0.277 e. The quantitative estimate of drug-likeness (QED) is 0.346. The monoisotopic (exact) mass is 424 g/mol. The smallest absolute Gasteiger partial charge is 0.277 e. The molecule has 0 spiro atoms. The van der Waals surface area contributed by atoms with Crippen LogP contribution >= 0.6 is 0 Å². The van der Waals surface area contributed by atoms with Crippen LogP contribution in [0.4, 0.5) is 0 Å². The van der Waals surface area contributed by atoms with Crippen molar-refractivity contribution in [3.63, 3.8) is 0 Å². The maximum absolute atomic E-state index is 12.1. The summed E-state index contributed by atoms with van der Waals surface area (Å²) in [6.07, 6.45) is 3.49. The number of aryl methyl sites for hydroxylation is 2. The van der Waals surface area contributed by atoms with Crippen molar-refractivity contribution in [2.75, 3.05) is 6.61 Å². The number of nitrogens with one attached hydrogen (secondary N) is 1. The Morgan fingerprint density at radius 3 is 2.31 bits per heavy atom. The van der Waals surface area contributed by atoms with Crippen LogP contribution in [-0.2, 0) is 4.79 Å². The van der Waals surface area contributed by atoms with Gasteiger partial charge < -0.3 is 4.74 Å². The molecule has 4 rings (SSSR count). The van der Waals surface area contributed by atoms with Crippen molar-refractivity contribution in [3.05, 3.63) is 102 Å². The highest BCUT2D eigenvalue weighted by Crippen LogP contribution is 2.23. The van der Waals surface area contributed by atoms with Crippen molar-refractivity contribution in [1.29, 1.82) is 0 Å². The molecular formula is C26H24N4O2. The molecule has 0 fully saturated rings. The third-order valence-corrected chi connectivity index (χ3v) is 4.87. The predicted molar refractivity (Wildman–Crippen MR) is 126 cm³/mol. The van der Waals surface area contributed by atoms with E-state index < -0.39 is 0 Å². The van der Waals surface area contributed by atoms with E-state index in [9.17, 15) is 4.79 Å². The van der Waals surface area contributed by atoms with E-state index in [4.69, 9.17) is 9.84 Å². The van der Waals surface area contributed by atoms with Crippen molar-refractivity contribution in [2.24, 2.45) is 5.10 Å². The number of hydrogen-bond acceptors (Lipinski definition) is 4. The molecule has 0 bridgehead atoms. The number of nitrogens with zero attached hydrogens (tertiary/aromatic N) is 3. The van der Waals surface area contributed by atoms with E-state index in [1.54, 1.807) is 10.9 Å². The van der Waals surface area contributed by atoms with Crippen LogP contribution in [0.3, 0.4) is 0 Å². The summed E-state index contributed by atoms with van der Waals surface area (Å²) in [6.45, 7) is 3.92. The molecule has 0 radical (unpaired) electrons. The van der Waals surface area contributed by atoms with Crippen LogP contribution in [0.15, 0.2) is 90.2 Å². The van der Waals surface area contributed by atoms with Gasteiger partial charge in [0.05, 0.1) is 11.9 Å². The third kappa shape index (κ3) is 5.29. The summed E-state index contributed by atoms with van der Waals surface area (Å²) in [5.74, 6) is 0.301. The predicted octanol–water partition coefficient (Wildman–Crippen LogP) is 4.69. The van der Waals surface area contributed by atoms with Gasteiger partial charge in [-0.15, -0.1) is 0 Å². The number of para-hydroxylation sites is 1. The number of aromatic nitrogens is 2. The highest BCUT2D eigenvalue weighted by Gasteiger charge is 2.11. The molecule has 160 valence electrons. The van der Waals surface area contributed by atoms with Crippen LogP contribution in [-0.4, -0.2) is 28.5 Å². The van der Waals surface area contributed by atoms with Gasteiger partial charge in [0.2, 0.25) is 0 Å². The number of benzene rings is 3. The van der Waals surface area contributed by atoms with Gasteiger partial charge in [-0.3, -0.25) is 4.79 Å². The Bertz CT molecular complexity index is 1210. The van der Waals surface area contributed by atoms with Gasteiger partial charge in [0, 0.05) is 17.3 Å². The lowest BCUT2D eigenvalue weighted by Crippen LogP contribution is -2.24. The Kier molecular flexibility index (Phi) is 6.41. The largest absolute Gasteiger partial charge is 0.484 e. The molecule has 0 aliphatic rings. The summed E-state index contributed by atoms with van der Waals surface area (Å²) in [6, 6.07) is 25.5. The summed E-state index contributed by atoms with van der Waals surface area (Å²) in [7, 11) is 0. The fraction of sp³-hybridized carbons (Fsp3) is 0.115. The SMILES string of the molecule is Cc1ccc(OCC(=O)N/N=C/c2cn(-c3ccccc3)nc2-c2ccc(C)cc2)cc1. The summed E-state index contributed by atoms with van der Waals surface area (Å²) in [5, 5.41) is 8.87. The number of amides is 1. The average molecular weight is 425 g/mol. The van der Waals surface area contributed by atoms with Gasteiger partial charge in [-0.1, -0.05) is 65.7 Å². The van der Waals surface area contributed by atoms with Crippen LogP contribution in [0.1, 0.15) is 16.7 Å². The van der Waals surface area contributed by atoms with E-state index in [1.807, 2.05) is 98.9 Å². The van der Waals surface area contributed by atoms with Gasteiger partial charge in [0.1, 0.15) is 11.4 Å². The highest BCUT2D eigenvalue weighted by atomic mass is 16.5. The van der Waals surface area contributed by atoms with Crippen molar-refractivity contribution in [3.8, 4) is 22.7 Å². The summed E-state index contributed by atoms with van der Waals surface area (Å²) in [4.78, 5) is 12.1. The normalized spacial score (nSPS) is 10.9. The minimum atomic E-state index is -0.339. The molecule has 0 aliphatic carbocycles. The lowest BCUT2D eigenvalue weighted by atomic mass is 10.1. The molecule has 0 unspecified atom stereocenters. The number of hydrogen-bond donors (Lipinski definition) is 1. The van der Waals surface area contributed by atoms with Gasteiger partial charge in [-0.25, -0.2) is 10.1 Å². The second kappa shape index (κ2) is 9.75. The summed E-state index contributed by atoms with van der Waals surface area (Å²) < 4.78 is 7.29. The zero-order chi connectivity index (χ0) is 22.3. The fourth-order valence-corrected chi connectivity index (χ4v) is 3.12. The molecule has 1 heterocycles. The van der Waals surface area contributed by atoms with Crippen LogP contribution < -0.4 is 10.2 Å². The molecule has 0 aliphatic heterocycles. The number of ether oxygens (including phenoxy) is 1. The minimum Gasteiger partial charge on any atom is -0.484 e. The number of carbonyl (C=O) groups is 1. The lowest BCUT2D eigenvalue weighted by Gasteiger charge is -2.05. The first-order valence-electron chi connectivity index (χ1n) is 10.3. The van der Waals surface area contributed by atoms with Crippen LogP contribution in [0.25, 0.3) is 16.9 Å². The van der Waals surface area contributed by atoms with E-state index in [2.05, 4.69) is 10.5 Å². The Morgan fingerprint density at radius 2 is 1.62 bits per heavy atom. The van der Waals surface area contributed by atoms with Crippen molar-refractivity contribution < 1.29 is 9.53 Å². The first kappa shape index (κ1) is 21.1. The van der Waals surface area contributed by atoms with Crippen LogP contribution in [0, 0.1) is 13.8 Å². The van der Waals surface area contributed by atoms with Crippen molar-refractivity contribution in [2.45, 2.75) is 13.8 Å². The summed E-state index contributed by atoms with van der Waals surface area (Å²) in [5.41, 5.74) is 8.31. The Balaban J connectivity index is 1.49. The van der Waals surface area contributed by atoms with E-state index in [-0.39, 0.29) is 12.5 Å². The fourth-order valence-electron chi connectivity index (χ4n) is 3.12. The lowest BCUT2D eigenvalue weighted by molar-refractivity contribution is -0.123. The first-order chi connectivity index (χ1) is 15.6. The van der Waals surface area contributed by atoms with Crippen molar-refractivity contribution >= 4 is 12.1 Å². The molecule has 1 amide bonds. The molecule has 1 aromatic heterocycles. The van der Waals surface area contributed by atoms with Gasteiger partial charge in [-0.05, 0) is 38.1 Å². The Labute approximate surface area is 187 Å². The average Bonchev–Trinajstić information content (AvgIpc) is 3.24. The standard InChI is InChI=1S/C26H24N4O2/c1-19-8-12-21(13-9-19)26-22(17-30(29-26)23-6-4-3-5-7-23)16-27-28-25(31)18-32-24-14-10-20(2)11-15-24/h3-17H,18H2,1-2H3,(H,28,31)/b27-16+. The minimum absolute atomic E-state index is 0.117. The molecule has 1 N–H and O–H groups in total. The van der Waals surface area contributed by atoms with Gasteiger partial charge in [-0.2, -0.15) is 10.2 Å². The van der Waals surface area contributed by atoms with Gasteiger partial charge in [0.25, 0.3) is 5.91 Å². The second-order valence-electron chi connectivity index (χ2n) is 7.47. The molecule has 0 saturated carbocycles. The molecule has 3 aromatic carbocycles. The first-order valence-corrected chi connectivity index (χ1v) is 10.3. The topological polar surface area (TPSA) is 68.5 Å². The number of hydrazone groups is 1. The molecule has 0 saturated heterocycles. The molecule has 6 nitrogen and oxygen atoms in total. The Hall–Kier alpha value is -4.19. The third-order valence-electron chi connectivity index (χ3n) is 4.87. The zero-order valence-corrected chi connectivity index (χ0v) is 18.0. The number of carbonyl (C=O) groups excluding carboxylic acids is 1. The van der Waals surface area contributed by atoms with E-state index in [0.717, 1.165) is 28.1 Å². The van der Waals surface area contributed by atoms with Gasteiger partial charge in [0.15, 0.2) is 6.61 Å². The number of rotatable bonds is 7. The van der Waals surface area contributed by atoms with Gasteiger partial charge >= 0.3 is 0 Å². The van der Waals surface area contributed by atoms with Crippen molar-refractivity contribution in [1.82, 2.24) is 15.2 Å². The van der Waals surface area contributed by atoms with E-state index in [0.29, 0.717) is 5.75 Å².